The lowest BCUT2D eigenvalue weighted by molar-refractivity contribution is 0.102. The van der Waals surface area contributed by atoms with Gasteiger partial charge in [-0.3, -0.25) is 4.79 Å². The third kappa shape index (κ3) is 5.45. The van der Waals surface area contributed by atoms with Crippen LogP contribution in [0.5, 0.6) is 11.5 Å². The van der Waals surface area contributed by atoms with Gasteiger partial charge < -0.3 is 29.8 Å². The van der Waals surface area contributed by atoms with Crippen molar-refractivity contribution < 1.29 is 19.4 Å². The van der Waals surface area contributed by atoms with Crippen LogP contribution < -0.4 is 20.1 Å². The first-order valence-electron chi connectivity index (χ1n) is 12.1. The molecule has 8 nitrogen and oxygen atoms in total. The number of methoxy groups -OCH3 is 2. The SMILES string of the molecule is COc1cccc(NC(=O)c2ccc(-c3nc4ccccc4n3CC(O)Nc3cccc(OC)c3)cc2)c1. The Labute approximate surface area is 220 Å². The molecule has 0 spiro atoms. The molecule has 0 saturated carbocycles. The molecule has 5 aromatic rings. The van der Waals surface area contributed by atoms with Crippen LogP contribution in [0.25, 0.3) is 22.4 Å². The van der Waals surface area contributed by atoms with Gasteiger partial charge in [0, 0.05) is 34.6 Å². The maximum Gasteiger partial charge on any atom is 0.255 e. The largest absolute Gasteiger partial charge is 0.497 e. The number of anilines is 2. The van der Waals surface area contributed by atoms with E-state index in [9.17, 15) is 9.90 Å². The summed E-state index contributed by atoms with van der Waals surface area (Å²) in [6, 6.07) is 29.6. The summed E-state index contributed by atoms with van der Waals surface area (Å²) in [5.74, 6) is 1.83. The highest BCUT2D eigenvalue weighted by Crippen LogP contribution is 2.27. The van der Waals surface area contributed by atoms with E-state index in [2.05, 4.69) is 10.6 Å². The Morgan fingerprint density at radius 3 is 2.24 bits per heavy atom. The molecule has 0 fully saturated rings. The minimum Gasteiger partial charge on any atom is -0.497 e. The molecule has 3 N–H and O–H groups in total. The fourth-order valence-corrected chi connectivity index (χ4v) is 4.28. The van der Waals surface area contributed by atoms with E-state index in [0.717, 1.165) is 22.3 Å². The van der Waals surface area contributed by atoms with Crippen LogP contribution in [0.2, 0.25) is 0 Å². The van der Waals surface area contributed by atoms with Gasteiger partial charge in [0.15, 0.2) is 0 Å². The number of carbonyl (C=O) groups is 1. The van der Waals surface area contributed by atoms with Crippen LogP contribution in [-0.4, -0.2) is 41.0 Å². The first kappa shape index (κ1) is 24.9. The lowest BCUT2D eigenvalue weighted by atomic mass is 10.1. The number of para-hydroxylation sites is 2. The van der Waals surface area contributed by atoms with E-state index in [-0.39, 0.29) is 12.5 Å². The summed E-state index contributed by atoms with van der Waals surface area (Å²) < 4.78 is 12.5. The summed E-state index contributed by atoms with van der Waals surface area (Å²) in [5, 5.41) is 16.9. The van der Waals surface area contributed by atoms with Crippen molar-refractivity contribution in [2.24, 2.45) is 0 Å². The van der Waals surface area contributed by atoms with E-state index in [1.54, 1.807) is 32.4 Å². The van der Waals surface area contributed by atoms with Crippen molar-refractivity contribution in [2.45, 2.75) is 12.8 Å². The van der Waals surface area contributed by atoms with Crippen LogP contribution in [0.4, 0.5) is 11.4 Å². The summed E-state index contributed by atoms with van der Waals surface area (Å²) >= 11 is 0. The number of aromatic nitrogens is 2. The zero-order valence-electron chi connectivity index (χ0n) is 21.1. The third-order valence-electron chi connectivity index (χ3n) is 6.15. The highest BCUT2D eigenvalue weighted by Gasteiger charge is 2.17. The molecular formula is C30H28N4O4. The standard InChI is InChI=1S/C30H28N4O4/c1-37-24-9-5-7-22(17-24)31-28(35)19-34-27-12-4-3-11-26(27)33-29(34)20-13-15-21(16-14-20)30(36)32-23-8-6-10-25(18-23)38-2/h3-18,28,31,35H,19H2,1-2H3,(H,32,36). The van der Waals surface area contributed by atoms with Crippen molar-refractivity contribution in [1.29, 1.82) is 0 Å². The molecule has 0 bridgehead atoms. The van der Waals surface area contributed by atoms with E-state index >= 15 is 0 Å². The number of aliphatic hydroxyl groups is 1. The molecule has 8 heteroatoms. The highest BCUT2D eigenvalue weighted by atomic mass is 16.5. The van der Waals surface area contributed by atoms with Gasteiger partial charge in [0.25, 0.3) is 5.91 Å². The zero-order valence-corrected chi connectivity index (χ0v) is 21.1. The quantitative estimate of drug-likeness (QED) is 0.231. The molecule has 0 aliphatic carbocycles. The number of hydrogen-bond donors (Lipinski definition) is 3. The Hall–Kier alpha value is -4.82. The molecule has 1 unspecified atom stereocenters. The summed E-state index contributed by atoms with van der Waals surface area (Å²) in [6.07, 6.45) is -0.883. The van der Waals surface area contributed by atoms with Gasteiger partial charge in [-0.05, 0) is 48.5 Å². The molecule has 1 amide bonds. The van der Waals surface area contributed by atoms with E-state index in [1.165, 1.54) is 0 Å². The fourth-order valence-electron chi connectivity index (χ4n) is 4.28. The average Bonchev–Trinajstić information content (AvgIpc) is 3.31. The third-order valence-corrected chi connectivity index (χ3v) is 6.15. The van der Waals surface area contributed by atoms with E-state index < -0.39 is 6.23 Å². The second kappa shape index (κ2) is 11.1. The van der Waals surface area contributed by atoms with Gasteiger partial charge in [0.05, 0.1) is 31.8 Å². The zero-order chi connectivity index (χ0) is 26.5. The second-order valence-corrected chi connectivity index (χ2v) is 8.69. The molecule has 1 atom stereocenters. The normalized spacial score (nSPS) is 11.7. The number of carbonyl (C=O) groups excluding carboxylic acids is 1. The number of ether oxygens (including phenoxy) is 2. The number of fused-ring (bicyclic) bond motifs is 1. The summed E-state index contributed by atoms with van der Waals surface area (Å²) in [7, 11) is 3.19. The monoisotopic (exact) mass is 508 g/mol. The summed E-state index contributed by atoms with van der Waals surface area (Å²) in [6.45, 7) is 0.255. The maximum atomic E-state index is 12.8. The number of hydrogen-bond acceptors (Lipinski definition) is 6. The van der Waals surface area contributed by atoms with Gasteiger partial charge >= 0.3 is 0 Å². The number of rotatable bonds is 9. The Morgan fingerprint density at radius 2 is 1.53 bits per heavy atom. The van der Waals surface area contributed by atoms with Crippen LogP contribution in [0.15, 0.2) is 97.1 Å². The Kier molecular flexibility index (Phi) is 7.24. The number of nitrogens with zero attached hydrogens (tertiary/aromatic N) is 2. The molecule has 4 aromatic carbocycles. The molecule has 192 valence electrons. The first-order chi connectivity index (χ1) is 18.5. The highest BCUT2D eigenvalue weighted by molar-refractivity contribution is 6.04. The molecule has 5 rings (SSSR count). The molecule has 1 heterocycles. The number of nitrogens with one attached hydrogen (secondary N) is 2. The van der Waals surface area contributed by atoms with Gasteiger partial charge in [-0.1, -0.05) is 36.4 Å². The molecule has 38 heavy (non-hydrogen) atoms. The Morgan fingerprint density at radius 1 is 0.868 bits per heavy atom. The predicted octanol–water partition coefficient (Wildman–Crippen LogP) is 5.40. The molecule has 1 aromatic heterocycles. The second-order valence-electron chi connectivity index (χ2n) is 8.69. The van der Waals surface area contributed by atoms with Crippen molar-refractivity contribution in [2.75, 3.05) is 24.9 Å². The van der Waals surface area contributed by atoms with E-state index in [0.29, 0.717) is 28.6 Å². The molecule has 0 saturated heterocycles. The van der Waals surface area contributed by atoms with Crippen molar-refractivity contribution in [3.05, 3.63) is 103 Å². The average molecular weight is 509 g/mol. The number of amides is 1. The van der Waals surface area contributed by atoms with Gasteiger partial charge in [0.2, 0.25) is 0 Å². The molecule has 0 aliphatic heterocycles. The van der Waals surface area contributed by atoms with Crippen molar-refractivity contribution in [3.63, 3.8) is 0 Å². The van der Waals surface area contributed by atoms with Crippen molar-refractivity contribution in [1.82, 2.24) is 9.55 Å². The maximum absolute atomic E-state index is 12.8. The first-order valence-corrected chi connectivity index (χ1v) is 12.1. The fraction of sp³-hybridized carbons (Fsp3) is 0.133. The number of imidazole rings is 1. The Balaban J connectivity index is 1.38. The predicted molar refractivity (Wildman–Crippen MR) is 149 cm³/mol. The van der Waals surface area contributed by atoms with Crippen molar-refractivity contribution >= 4 is 28.3 Å². The number of aliphatic hydroxyl groups excluding tert-OH is 1. The minimum absolute atomic E-state index is 0.226. The Bertz CT molecular complexity index is 1560. The molecular weight excluding hydrogens is 480 g/mol. The topological polar surface area (TPSA) is 97.6 Å². The smallest absolute Gasteiger partial charge is 0.255 e. The van der Waals surface area contributed by atoms with E-state index in [1.807, 2.05) is 83.4 Å². The minimum atomic E-state index is -0.883. The van der Waals surface area contributed by atoms with Crippen LogP contribution in [0, 0.1) is 0 Å². The summed E-state index contributed by atoms with van der Waals surface area (Å²) in [5.41, 5.74) is 4.45. The van der Waals surface area contributed by atoms with E-state index in [4.69, 9.17) is 14.5 Å². The lowest BCUT2D eigenvalue weighted by Gasteiger charge is -2.18. The van der Waals surface area contributed by atoms with Crippen molar-refractivity contribution in [3.8, 4) is 22.9 Å². The summed E-state index contributed by atoms with van der Waals surface area (Å²) in [4.78, 5) is 17.6. The molecule has 0 aliphatic rings. The van der Waals surface area contributed by atoms with Gasteiger partial charge in [-0.2, -0.15) is 0 Å². The number of benzene rings is 4. The van der Waals surface area contributed by atoms with Crippen LogP contribution in [0.3, 0.4) is 0 Å². The van der Waals surface area contributed by atoms with Gasteiger partial charge in [0.1, 0.15) is 23.6 Å². The van der Waals surface area contributed by atoms with Gasteiger partial charge in [-0.15, -0.1) is 0 Å². The lowest BCUT2D eigenvalue weighted by Crippen LogP contribution is -2.25. The van der Waals surface area contributed by atoms with Crippen LogP contribution in [0.1, 0.15) is 10.4 Å². The van der Waals surface area contributed by atoms with Gasteiger partial charge in [-0.25, -0.2) is 4.98 Å². The van der Waals surface area contributed by atoms with Crippen LogP contribution >= 0.6 is 0 Å². The molecule has 0 radical (unpaired) electrons. The van der Waals surface area contributed by atoms with Crippen LogP contribution in [-0.2, 0) is 6.54 Å².